The number of hydrogen-bond donors (Lipinski definition) is 0. The molecule has 0 fully saturated rings. The van der Waals surface area contributed by atoms with Gasteiger partial charge in [0.05, 0.1) is 4.90 Å². The van der Waals surface area contributed by atoms with E-state index in [1.54, 1.807) is 18.2 Å². The van der Waals surface area contributed by atoms with Gasteiger partial charge in [-0.1, -0.05) is 53.2 Å². The smallest absolute Gasteiger partial charge is 0.321 e. The van der Waals surface area contributed by atoms with E-state index in [-0.39, 0.29) is 18.0 Å². The molecular formula is C18H20BrNO4S. The minimum absolute atomic E-state index is 0.117. The van der Waals surface area contributed by atoms with E-state index in [0.29, 0.717) is 12.0 Å². The number of carbonyl (C=O) groups excluding carboxylic acids is 1. The van der Waals surface area contributed by atoms with Crippen molar-refractivity contribution in [1.82, 2.24) is 4.31 Å². The van der Waals surface area contributed by atoms with Crippen LogP contribution in [-0.2, 0) is 32.6 Å². The van der Waals surface area contributed by atoms with Crippen LogP contribution >= 0.6 is 15.9 Å². The SMILES string of the molecule is CCc1cc(Br)ccc1S(=O)(=O)N(C)CC(=O)OCc1ccccc1. The first-order chi connectivity index (χ1) is 11.8. The maximum Gasteiger partial charge on any atom is 0.321 e. The topological polar surface area (TPSA) is 63.7 Å². The van der Waals surface area contributed by atoms with E-state index in [1.807, 2.05) is 37.3 Å². The highest BCUT2D eigenvalue weighted by atomic mass is 79.9. The summed E-state index contributed by atoms with van der Waals surface area (Å²) in [6.45, 7) is 1.66. The van der Waals surface area contributed by atoms with Crippen LogP contribution in [0.1, 0.15) is 18.1 Å². The number of aryl methyl sites for hydroxylation is 1. The van der Waals surface area contributed by atoms with Crippen molar-refractivity contribution < 1.29 is 17.9 Å². The average molecular weight is 426 g/mol. The molecular weight excluding hydrogens is 406 g/mol. The molecule has 0 heterocycles. The summed E-state index contributed by atoms with van der Waals surface area (Å²) in [4.78, 5) is 12.2. The van der Waals surface area contributed by atoms with Crippen LogP contribution in [0.3, 0.4) is 0 Å². The highest BCUT2D eigenvalue weighted by Crippen LogP contribution is 2.23. The Morgan fingerprint density at radius 2 is 1.84 bits per heavy atom. The lowest BCUT2D eigenvalue weighted by Gasteiger charge is -2.18. The van der Waals surface area contributed by atoms with Crippen LogP contribution in [0, 0.1) is 0 Å². The number of esters is 1. The van der Waals surface area contributed by atoms with Crippen LogP contribution in [0.2, 0.25) is 0 Å². The number of nitrogens with zero attached hydrogens (tertiary/aromatic N) is 1. The molecule has 0 amide bonds. The Morgan fingerprint density at radius 1 is 1.16 bits per heavy atom. The van der Waals surface area contributed by atoms with Crippen molar-refractivity contribution in [2.24, 2.45) is 0 Å². The van der Waals surface area contributed by atoms with Crippen LogP contribution in [0.5, 0.6) is 0 Å². The van der Waals surface area contributed by atoms with Gasteiger partial charge in [0.25, 0.3) is 0 Å². The number of ether oxygens (including phenoxy) is 1. The molecule has 2 aromatic carbocycles. The predicted octanol–water partition coefficient (Wildman–Crippen LogP) is 3.38. The van der Waals surface area contributed by atoms with Crippen molar-refractivity contribution in [3.8, 4) is 0 Å². The number of carbonyl (C=O) groups is 1. The number of benzene rings is 2. The molecule has 0 saturated carbocycles. The fourth-order valence-electron chi connectivity index (χ4n) is 2.29. The zero-order valence-corrected chi connectivity index (χ0v) is 16.5. The number of rotatable bonds is 7. The molecule has 0 radical (unpaired) electrons. The maximum atomic E-state index is 12.7. The first-order valence-electron chi connectivity index (χ1n) is 7.79. The molecule has 25 heavy (non-hydrogen) atoms. The Balaban J connectivity index is 2.06. The largest absolute Gasteiger partial charge is 0.460 e. The lowest BCUT2D eigenvalue weighted by atomic mass is 10.2. The van der Waals surface area contributed by atoms with Gasteiger partial charge in [-0.3, -0.25) is 4.79 Å². The molecule has 0 aliphatic rings. The molecule has 7 heteroatoms. The minimum Gasteiger partial charge on any atom is -0.460 e. The highest BCUT2D eigenvalue weighted by molar-refractivity contribution is 9.10. The second-order valence-corrected chi connectivity index (χ2v) is 8.44. The molecule has 0 saturated heterocycles. The molecule has 0 aliphatic heterocycles. The summed E-state index contributed by atoms with van der Waals surface area (Å²) in [6.07, 6.45) is 0.570. The zero-order chi connectivity index (χ0) is 18.4. The molecule has 0 unspecified atom stereocenters. The van der Waals surface area contributed by atoms with Crippen molar-refractivity contribution >= 4 is 31.9 Å². The van der Waals surface area contributed by atoms with E-state index in [4.69, 9.17) is 4.74 Å². The molecule has 2 aromatic rings. The average Bonchev–Trinajstić information content (AvgIpc) is 2.60. The van der Waals surface area contributed by atoms with Crippen molar-refractivity contribution in [1.29, 1.82) is 0 Å². The Morgan fingerprint density at radius 3 is 2.48 bits per heavy atom. The summed E-state index contributed by atoms with van der Waals surface area (Å²) in [6, 6.07) is 14.2. The Labute approximate surface area is 156 Å². The maximum absolute atomic E-state index is 12.7. The van der Waals surface area contributed by atoms with Crippen LogP contribution in [-0.4, -0.2) is 32.3 Å². The third-order valence-corrected chi connectivity index (χ3v) is 6.08. The van der Waals surface area contributed by atoms with Crippen molar-refractivity contribution in [2.75, 3.05) is 13.6 Å². The molecule has 134 valence electrons. The third kappa shape index (κ3) is 5.14. The lowest BCUT2D eigenvalue weighted by molar-refractivity contribution is -0.144. The van der Waals surface area contributed by atoms with Crippen LogP contribution in [0.15, 0.2) is 57.9 Å². The van der Waals surface area contributed by atoms with E-state index in [1.165, 1.54) is 7.05 Å². The summed E-state index contributed by atoms with van der Waals surface area (Å²) >= 11 is 3.34. The van der Waals surface area contributed by atoms with Crippen LogP contribution in [0.4, 0.5) is 0 Å². The fourth-order valence-corrected chi connectivity index (χ4v) is 4.09. The van der Waals surface area contributed by atoms with Crippen molar-refractivity contribution in [3.05, 3.63) is 64.1 Å². The lowest BCUT2D eigenvalue weighted by Crippen LogP contribution is -2.33. The molecule has 0 atom stereocenters. The van der Waals surface area contributed by atoms with Gasteiger partial charge < -0.3 is 4.74 Å². The second-order valence-electron chi connectivity index (χ2n) is 5.51. The van der Waals surface area contributed by atoms with Gasteiger partial charge in [0.15, 0.2) is 0 Å². The van der Waals surface area contributed by atoms with E-state index in [2.05, 4.69) is 15.9 Å². The number of hydrogen-bond acceptors (Lipinski definition) is 4. The molecule has 0 spiro atoms. The van der Waals surface area contributed by atoms with Gasteiger partial charge in [-0.2, -0.15) is 4.31 Å². The number of halogens is 1. The molecule has 0 N–H and O–H groups in total. The van der Waals surface area contributed by atoms with Gasteiger partial charge in [0.2, 0.25) is 10.0 Å². The number of likely N-dealkylation sites (N-methyl/N-ethyl adjacent to an activating group) is 1. The Hall–Kier alpha value is -1.70. The van der Waals surface area contributed by atoms with E-state index in [0.717, 1.165) is 14.3 Å². The normalized spacial score (nSPS) is 11.5. The van der Waals surface area contributed by atoms with Gasteiger partial charge in [0, 0.05) is 11.5 Å². The standard InChI is InChI=1S/C18H20BrNO4S/c1-3-15-11-16(19)9-10-17(15)25(22,23)20(2)12-18(21)24-13-14-7-5-4-6-8-14/h4-11H,3,12-13H2,1-2H3. The summed E-state index contributed by atoms with van der Waals surface area (Å²) in [7, 11) is -2.39. The Bertz CT molecular complexity index is 837. The molecule has 0 bridgehead atoms. The fraction of sp³-hybridized carbons (Fsp3) is 0.278. The zero-order valence-electron chi connectivity index (χ0n) is 14.1. The van der Waals surface area contributed by atoms with Crippen LogP contribution < -0.4 is 0 Å². The van der Waals surface area contributed by atoms with Gasteiger partial charge in [-0.05, 0) is 35.7 Å². The first kappa shape index (κ1) is 19.6. The Kier molecular flexibility index (Phi) is 6.75. The van der Waals surface area contributed by atoms with Crippen molar-refractivity contribution in [2.45, 2.75) is 24.8 Å². The van der Waals surface area contributed by atoms with Gasteiger partial charge in [0.1, 0.15) is 13.2 Å². The monoisotopic (exact) mass is 425 g/mol. The quantitative estimate of drug-likeness (QED) is 0.637. The highest BCUT2D eigenvalue weighted by Gasteiger charge is 2.25. The predicted molar refractivity (Wildman–Crippen MR) is 99.6 cm³/mol. The molecule has 5 nitrogen and oxygen atoms in total. The van der Waals surface area contributed by atoms with Crippen molar-refractivity contribution in [3.63, 3.8) is 0 Å². The third-order valence-electron chi connectivity index (χ3n) is 3.69. The first-order valence-corrected chi connectivity index (χ1v) is 10.0. The van der Waals surface area contributed by atoms with E-state index < -0.39 is 16.0 Å². The summed E-state index contributed by atoms with van der Waals surface area (Å²) in [5.41, 5.74) is 1.54. The second kappa shape index (κ2) is 8.60. The number of sulfonamides is 1. The molecule has 0 aliphatic carbocycles. The van der Waals surface area contributed by atoms with Crippen LogP contribution in [0.25, 0.3) is 0 Å². The van der Waals surface area contributed by atoms with Gasteiger partial charge >= 0.3 is 5.97 Å². The summed E-state index contributed by atoms with van der Waals surface area (Å²) < 4.78 is 32.5. The summed E-state index contributed by atoms with van der Waals surface area (Å²) in [5.74, 6) is -0.593. The van der Waals surface area contributed by atoms with Gasteiger partial charge in [-0.15, -0.1) is 0 Å². The van der Waals surface area contributed by atoms with Gasteiger partial charge in [-0.25, -0.2) is 8.42 Å². The van der Waals surface area contributed by atoms with E-state index >= 15 is 0 Å². The van der Waals surface area contributed by atoms with E-state index in [9.17, 15) is 13.2 Å². The molecule has 0 aromatic heterocycles. The summed E-state index contributed by atoms with van der Waals surface area (Å²) in [5, 5.41) is 0. The molecule has 2 rings (SSSR count). The minimum atomic E-state index is -3.76.